The number of hydrogen-bond donors (Lipinski definition) is 2. The van der Waals surface area contributed by atoms with Crippen LogP contribution >= 0.6 is 11.6 Å². The van der Waals surface area contributed by atoms with Crippen molar-refractivity contribution in [1.29, 1.82) is 0 Å². The van der Waals surface area contributed by atoms with E-state index in [1.807, 2.05) is 30.3 Å². The summed E-state index contributed by atoms with van der Waals surface area (Å²) >= 11 is 6.00. The van der Waals surface area contributed by atoms with Crippen LogP contribution in [0.2, 0.25) is 5.02 Å². The lowest BCUT2D eigenvalue weighted by Crippen LogP contribution is -2.32. The molecular formula is C19H18ClNO3. The van der Waals surface area contributed by atoms with Crippen LogP contribution in [0.5, 0.6) is 5.75 Å². The minimum Gasteiger partial charge on any atom is -0.488 e. The van der Waals surface area contributed by atoms with Crippen LogP contribution in [-0.4, -0.2) is 24.2 Å². The maximum atomic E-state index is 12.6. The number of aliphatic hydroxyl groups is 1. The van der Waals surface area contributed by atoms with Gasteiger partial charge in [0, 0.05) is 17.2 Å². The van der Waals surface area contributed by atoms with Gasteiger partial charge in [-0.1, -0.05) is 41.9 Å². The quantitative estimate of drug-likeness (QED) is 0.875. The van der Waals surface area contributed by atoms with E-state index in [2.05, 4.69) is 5.32 Å². The summed E-state index contributed by atoms with van der Waals surface area (Å²) in [6.07, 6.45) is 2.24. The lowest BCUT2D eigenvalue weighted by Gasteiger charge is -2.22. The van der Waals surface area contributed by atoms with Gasteiger partial charge in [0.1, 0.15) is 12.4 Å². The van der Waals surface area contributed by atoms with E-state index in [1.54, 1.807) is 24.3 Å². The van der Waals surface area contributed by atoms with Crippen LogP contribution in [0.1, 0.15) is 23.6 Å². The van der Waals surface area contributed by atoms with Crippen molar-refractivity contribution < 1.29 is 14.6 Å². The highest BCUT2D eigenvalue weighted by Gasteiger charge is 2.21. The smallest absolute Gasteiger partial charge is 0.251 e. The number of benzene rings is 2. The molecule has 0 saturated heterocycles. The van der Waals surface area contributed by atoms with Gasteiger partial charge in [0.05, 0.1) is 11.6 Å². The fraction of sp³-hybridized carbons (Fsp3) is 0.211. The molecule has 0 spiro atoms. The Morgan fingerprint density at radius 3 is 2.79 bits per heavy atom. The molecule has 124 valence electrons. The van der Waals surface area contributed by atoms with Gasteiger partial charge in [-0.2, -0.15) is 0 Å². The summed E-state index contributed by atoms with van der Waals surface area (Å²) in [6.45, 7) is 0.203. The summed E-state index contributed by atoms with van der Waals surface area (Å²) in [5.74, 6) is 0.508. The van der Waals surface area contributed by atoms with Gasteiger partial charge in [-0.25, -0.2) is 0 Å². The third-order valence-electron chi connectivity index (χ3n) is 3.90. The number of amides is 1. The van der Waals surface area contributed by atoms with E-state index in [0.717, 1.165) is 11.1 Å². The number of carbonyl (C=O) groups is 1. The Hall–Kier alpha value is -2.30. The van der Waals surface area contributed by atoms with Crippen LogP contribution in [-0.2, 0) is 4.79 Å². The second kappa shape index (κ2) is 7.51. The first-order valence-corrected chi connectivity index (χ1v) is 8.15. The van der Waals surface area contributed by atoms with Gasteiger partial charge < -0.3 is 15.2 Å². The lowest BCUT2D eigenvalue weighted by atomic mass is 10.0. The summed E-state index contributed by atoms with van der Waals surface area (Å²) < 4.78 is 5.62. The third kappa shape index (κ3) is 3.78. The van der Waals surface area contributed by atoms with Crippen LogP contribution in [0.4, 0.5) is 0 Å². The number of rotatable bonds is 5. The highest BCUT2D eigenvalue weighted by Crippen LogP contribution is 2.29. The molecular weight excluding hydrogens is 326 g/mol. The zero-order valence-electron chi connectivity index (χ0n) is 13.0. The van der Waals surface area contributed by atoms with Crippen molar-refractivity contribution in [2.75, 3.05) is 13.2 Å². The third-order valence-corrected chi connectivity index (χ3v) is 4.14. The molecule has 0 aromatic heterocycles. The first-order chi connectivity index (χ1) is 11.7. The lowest BCUT2D eigenvalue weighted by molar-refractivity contribution is -0.118. The molecule has 0 fully saturated rings. The molecule has 4 nitrogen and oxygen atoms in total. The highest BCUT2D eigenvalue weighted by atomic mass is 35.5. The molecule has 2 aromatic rings. The summed E-state index contributed by atoms with van der Waals surface area (Å²) in [5.41, 5.74) is 2.28. The fourth-order valence-electron chi connectivity index (χ4n) is 2.67. The van der Waals surface area contributed by atoms with Gasteiger partial charge in [-0.3, -0.25) is 4.79 Å². The number of halogens is 1. The Morgan fingerprint density at radius 1 is 1.25 bits per heavy atom. The number of hydrogen-bond acceptors (Lipinski definition) is 3. The van der Waals surface area contributed by atoms with Gasteiger partial charge in [0.25, 0.3) is 5.91 Å². The molecule has 1 heterocycles. The van der Waals surface area contributed by atoms with Crippen molar-refractivity contribution in [2.45, 2.75) is 12.5 Å². The minimum absolute atomic E-state index is 0.00612. The number of aliphatic hydroxyl groups excluding tert-OH is 1. The first-order valence-electron chi connectivity index (χ1n) is 7.77. The molecule has 0 bridgehead atoms. The summed E-state index contributed by atoms with van der Waals surface area (Å²) in [5, 5.41) is 12.8. The molecule has 1 atom stereocenters. The van der Waals surface area contributed by atoms with E-state index in [1.165, 1.54) is 0 Å². The van der Waals surface area contributed by atoms with Crippen molar-refractivity contribution in [1.82, 2.24) is 5.32 Å². The number of carbonyl (C=O) groups excluding carboxylic acids is 1. The topological polar surface area (TPSA) is 58.6 Å². The molecule has 1 aliphatic heterocycles. The number of fused-ring (bicyclic) bond motifs is 1. The van der Waals surface area contributed by atoms with Crippen LogP contribution in [0, 0.1) is 0 Å². The Labute approximate surface area is 145 Å². The molecule has 3 rings (SSSR count). The van der Waals surface area contributed by atoms with E-state index < -0.39 is 0 Å². The van der Waals surface area contributed by atoms with Gasteiger partial charge in [0.15, 0.2) is 0 Å². The predicted octanol–water partition coefficient (Wildman–Crippen LogP) is 3.36. The van der Waals surface area contributed by atoms with E-state index >= 15 is 0 Å². The molecule has 0 aliphatic carbocycles. The molecule has 2 aromatic carbocycles. The van der Waals surface area contributed by atoms with Gasteiger partial charge in [0.2, 0.25) is 0 Å². The molecule has 0 saturated carbocycles. The highest BCUT2D eigenvalue weighted by molar-refractivity contribution is 6.30. The molecule has 1 amide bonds. The van der Waals surface area contributed by atoms with Crippen LogP contribution in [0.3, 0.4) is 0 Å². The average molecular weight is 344 g/mol. The van der Waals surface area contributed by atoms with E-state index in [4.69, 9.17) is 16.3 Å². The Balaban J connectivity index is 1.78. The monoisotopic (exact) mass is 343 g/mol. The van der Waals surface area contributed by atoms with Crippen molar-refractivity contribution in [3.05, 3.63) is 70.3 Å². The summed E-state index contributed by atoms with van der Waals surface area (Å²) in [7, 11) is 0. The van der Waals surface area contributed by atoms with Crippen LogP contribution in [0.25, 0.3) is 6.08 Å². The average Bonchev–Trinajstić information content (AvgIpc) is 2.61. The zero-order valence-corrected chi connectivity index (χ0v) is 13.8. The normalized spacial score (nSPS) is 14.2. The molecule has 0 unspecified atom stereocenters. The van der Waals surface area contributed by atoms with Gasteiger partial charge in [-0.15, -0.1) is 0 Å². The summed E-state index contributed by atoms with van der Waals surface area (Å²) in [6, 6.07) is 14.7. The summed E-state index contributed by atoms with van der Waals surface area (Å²) in [4.78, 5) is 12.6. The maximum absolute atomic E-state index is 12.6. The number of ether oxygens (including phenoxy) is 1. The predicted molar refractivity (Wildman–Crippen MR) is 94.0 cm³/mol. The van der Waals surface area contributed by atoms with Crippen molar-refractivity contribution in [2.24, 2.45) is 0 Å². The van der Waals surface area contributed by atoms with Crippen molar-refractivity contribution >= 4 is 23.6 Å². The molecule has 5 heteroatoms. The molecule has 1 aliphatic rings. The van der Waals surface area contributed by atoms with Gasteiger partial charge in [-0.05, 0) is 36.3 Å². The Bertz CT molecular complexity index is 758. The fourth-order valence-corrected chi connectivity index (χ4v) is 2.85. The van der Waals surface area contributed by atoms with Crippen LogP contribution in [0.15, 0.2) is 54.1 Å². The largest absolute Gasteiger partial charge is 0.488 e. The standard InChI is InChI=1S/C19H18ClNO3/c20-16-6-7-18-14(11-16)10-15(12-24-18)19(23)21-17(8-9-22)13-4-2-1-3-5-13/h1-7,10-11,17,22H,8-9,12H2,(H,21,23)/t17-/m0/s1. The Kier molecular flexibility index (Phi) is 5.18. The SMILES string of the molecule is O=C(N[C@@H](CCO)c1ccccc1)C1=Cc2cc(Cl)ccc2OC1. The van der Waals surface area contributed by atoms with E-state index in [-0.39, 0.29) is 25.2 Å². The van der Waals surface area contributed by atoms with Gasteiger partial charge >= 0.3 is 0 Å². The van der Waals surface area contributed by atoms with Crippen molar-refractivity contribution in [3.63, 3.8) is 0 Å². The molecule has 0 radical (unpaired) electrons. The van der Waals surface area contributed by atoms with Crippen molar-refractivity contribution in [3.8, 4) is 5.75 Å². The second-order valence-electron chi connectivity index (χ2n) is 5.59. The number of nitrogens with one attached hydrogen (secondary N) is 1. The zero-order chi connectivity index (χ0) is 16.9. The second-order valence-corrected chi connectivity index (χ2v) is 6.03. The van der Waals surface area contributed by atoms with E-state index in [9.17, 15) is 9.90 Å². The first kappa shape index (κ1) is 16.6. The Morgan fingerprint density at radius 2 is 2.04 bits per heavy atom. The minimum atomic E-state index is -0.245. The molecule has 24 heavy (non-hydrogen) atoms. The maximum Gasteiger partial charge on any atom is 0.251 e. The van der Waals surface area contributed by atoms with E-state index in [0.29, 0.717) is 22.8 Å². The molecule has 2 N–H and O–H groups in total. The van der Waals surface area contributed by atoms with Crippen LogP contribution < -0.4 is 10.1 Å².